The number of carbonyl (C=O) groups excluding carboxylic acids is 2. The predicted molar refractivity (Wildman–Crippen MR) is 142 cm³/mol. The van der Waals surface area contributed by atoms with E-state index < -0.39 is 34.3 Å². The zero-order valence-electron chi connectivity index (χ0n) is 21.4. The zero-order valence-corrected chi connectivity index (χ0v) is 22.3. The smallest absolute Gasteiger partial charge is 0.264 e. The van der Waals surface area contributed by atoms with Crippen LogP contribution in [0.5, 0.6) is 0 Å². The van der Waals surface area contributed by atoms with Crippen LogP contribution >= 0.6 is 0 Å². The molecule has 0 radical (unpaired) electrons. The Bertz CT molecular complexity index is 1350. The molecule has 9 heteroatoms. The summed E-state index contributed by atoms with van der Waals surface area (Å²) in [6.07, 6.45) is 0.307. The lowest BCUT2D eigenvalue weighted by Crippen LogP contribution is -2.51. The molecular formula is C28H32FN3O4S. The van der Waals surface area contributed by atoms with Crippen molar-refractivity contribution >= 4 is 27.5 Å². The summed E-state index contributed by atoms with van der Waals surface area (Å²) in [5, 5.41) is 2.58. The third-order valence-corrected chi connectivity index (χ3v) is 8.08. The summed E-state index contributed by atoms with van der Waals surface area (Å²) < 4.78 is 42.1. The number of carbonyl (C=O) groups is 2. The molecule has 0 spiro atoms. The van der Waals surface area contributed by atoms with Gasteiger partial charge in [0.2, 0.25) is 11.8 Å². The molecule has 3 aromatic rings. The number of benzene rings is 3. The van der Waals surface area contributed by atoms with Crippen molar-refractivity contribution in [3.8, 4) is 0 Å². The molecule has 7 nitrogen and oxygen atoms in total. The number of likely N-dealkylation sites (N-methyl/N-ethyl adjacent to an activating group) is 1. The number of hydrogen-bond acceptors (Lipinski definition) is 4. The molecule has 2 amide bonds. The number of aryl methyl sites for hydroxylation is 2. The second-order valence-electron chi connectivity index (χ2n) is 8.78. The maximum Gasteiger partial charge on any atom is 0.264 e. The molecule has 0 aromatic heterocycles. The molecular weight excluding hydrogens is 493 g/mol. The molecule has 0 bridgehead atoms. The Morgan fingerprint density at radius 3 is 2.16 bits per heavy atom. The maximum absolute atomic E-state index is 13.8. The Balaban J connectivity index is 2.06. The van der Waals surface area contributed by atoms with Crippen molar-refractivity contribution in [2.45, 2.75) is 44.7 Å². The maximum atomic E-state index is 13.8. The molecule has 3 rings (SSSR count). The number of nitrogens with one attached hydrogen (secondary N) is 1. The largest absolute Gasteiger partial charge is 0.357 e. The highest BCUT2D eigenvalue weighted by atomic mass is 32.2. The predicted octanol–water partition coefficient (Wildman–Crippen LogP) is 4.19. The number of sulfonamides is 1. The van der Waals surface area contributed by atoms with Crippen molar-refractivity contribution in [3.63, 3.8) is 0 Å². The van der Waals surface area contributed by atoms with Gasteiger partial charge in [0.05, 0.1) is 10.6 Å². The lowest BCUT2D eigenvalue weighted by atomic mass is 10.1. The highest BCUT2D eigenvalue weighted by Crippen LogP contribution is 2.26. The minimum absolute atomic E-state index is 0.0111. The Kier molecular flexibility index (Phi) is 9.04. The number of halogens is 1. The lowest BCUT2D eigenvalue weighted by Gasteiger charge is -2.33. The first-order valence-corrected chi connectivity index (χ1v) is 13.4. The van der Waals surface area contributed by atoms with Gasteiger partial charge in [-0.3, -0.25) is 13.9 Å². The fraction of sp³-hybridized carbons (Fsp3) is 0.286. The van der Waals surface area contributed by atoms with Gasteiger partial charge in [-0.2, -0.15) is 0 Å². The van der Waals surface area contributed by atoms with Crippen molar-refractivity contribution in [1.29, 1.82) is 0 Å². The summed E-state index contributed by atoms with van der Waals surface area (Å²) in [6.45, 7) is 5.05. The number of nitrogens with zero attached hydrogens (tertiary/aromatic N) is 2. The van der Waals surface area contributed by atoms with Crippen molar-refractivity contribution in [2.75, 3.05) is 17.9 Å². The van der Waals surface area contributed by atoms with Gasteiger partial charge in [0.15, 0.2) is 0 Å². The summed E-state index contributed by atoms with van der Waals surface area (Å²) in [5.41, 5.74) is 2.81. The fourth-order valence-corrected chi connectivity index (χ4v) is 5.43. The summed E-state index contributed by atoms with van der Waals surface area (Å²) in [6, 6.07) is 17.9. The van der Waals surface area contributed by atoms with E-state index >= 15 is 0 Å². The number of rotatable bonds is 10. The summed E-state index contributed by atoms with van der Waals surface area (Å²) in [7, 11) is -2.63. The second kappa shape index (κ2) is 12.0. The molecule has 0 aliphatic heterocycles. The molecule has 3 aromatic carbocycles. The van der Waals surface area contributed by atoms with Gasteiger partial charge in [-0.15, -0.1) is 0 Å². The van der Waals surface area contributed by atoms with E-state index in [0.29, 0.717) is 17.7 Å². The van der Waals surface area contributed by atoms with E-state index in [-0.39, 0.29) is 17.3 Å². The Labute approximate surface area is 218 Å². The molecule has 0 heterocycles. The minimum Gasteiger partial charge on any atom is -0.357 e. The molecule has 0 aliphatic rings. The van der Waals surface area contributed by atoms with Crippen LogP contribution in [0.2, 0.25) is 0 Å². The van der Waals surface area contributed by atoms with Gasteiger partial charge < -0.3 is 10.2 Å². The number of hydrogen-bond donors (Lipinski definition) is 1. The van der Waals surface area contributed by atoms with Crippen LogP contribution < -0.4 is 9.62 Å². The second-order valence-corrected chi connectivity index (χ2v) is 10.6. The van der Waals surface area contributed by atoms with Gasteiger partial charge in [0, 0.05) is 13.6 Å². The lowest BCUT2D eigenvalue weighted by molar-refractivity contribution is -0.140. The zero-order chi connectivity index (χ0) is 27.2. The normalized spacial score (nSPS) is 12.0. The first-order valence-electron chi connectivity index (χ1n) is 12.0. The third kappa shape index (κ3) is 6.54. The van der Waals surface area contributed by atoms with E-state index in [4.69, 9.17) is 0 Å². The van der Waals surface area contributed by atoms with Gasteiger partial charge in [-0.1, -0.05) is 43.3 Å². The summed E-state index contributed by atoms with van der Waals surface area (Å²) >= 11 is 0. The molecule has 1 N–H and O–H groups in total. The van der Waals surface area contributed by atoms with Crippen LogP contribution in [0, 0.1) is 19.7 Å². The van der Waals surface area contributed by atoms with E-state index in [1.54, 1.807) is 43.3 Å². The van der Waals surface area contributed by atoms with Gasteiger partial charge >= 0.3 is 0 Å². The molecule has 196 valence electrons. The molecule has 0 unspecified atom stereocenters. The van der Waals surface area contributed by atoms with E-state index in [9.17, 15) is 22.4 Å². The van der Waals surface area contributed by atoms with E-state index in [1.165, 1.54) is 48.3 Å². The van der Waals surface area contributed by atoms with Crippen LogP contribution in [0.4, 0.5) is 10.1 Å². The minimum atomic E-state index is -4.11. The van der Waals surface area contributed by atoms with Crippen LogP contribution in [-0.4, -0.2) is 44.8 Å². The first kappa shape index (κ1) is 27.9. The Hall–Kier alpha value is -3.72. The van der Waals surface area contributed by atoms with Crippen LogP contribution in [0.25, 0.3) is 0 Å². The molecule has 37 heavy (non-hydrogen) atoms. The van der Waals surface area contributed by atoms with Crippen molar-refractivity contribution < 1.29 is 22.4 Å². The average Bonchev–Trinajstić information content (AvgIpc) is 2.90. The van der Waals surface area contributed by atoms with Crippen molar-refractivity contribution in [3.05, 3.63) is 95.3 Å². The van der Waals surface area contributed by atoms with Crippen molar-refractivity contribution in [2.24, 2.45) is 0 Å². The SMILES string of the molecule is CC[C@H](C(=O)NC)N(Cc1ccc(F)cc1)C(=O)CN(c1ccc(C)c(C)c1)S(=O)(=O)c1ccccc1. The standard InChI is InChI=1S/C28H32FN3O4S/c1-5-26(28(34)30-4)31(18-22-12-14-23(29)15-13-22)27(33)19-32(24-16-11-20(2)21(3)17-24)37(35,36)25-9-7-6-8-10-25/h6-17,26H,5,18-19H2,1-4H3,(H,30,34)/t26-/m1/s1. The van der Waals surface area contributed by atoms with Gasteiger partial charge in [-0.05, 0) is 73.4 Å². The monoisotopic (exact) mass is 525 g/mol. The molecule has 0 aliphatic carbocycles. The molecule has 0 saturated carbocycles. The summed E-state index contributed by atoms with van der Waals surface area (Å²) in [4.78, 5) is 27.9. The average molecular weight is 526 g/mol. The highest BCUT2D eigenvalue weighted by Gasteiger charge is 2.33. The summed E-state index contributed by atoms with van der Waals surface area (Å²) in [5.74, 6) is -1.35. The highest BCUT2D eigenvalue weighted by molar-refractivity contribution is 7.92. The Morgan fingerprint density at radius 2 is 1.59 bits per heavy atom. The van der Waals surface area contributed by atoms with Crippen LogP contribution in [-0.2, 0) is 26.2 Å². The quantitative estimate of drug-likeness (QED) is 0.430. The van der Waals surface area contributed by atoms with Crippen LogP contribution in [0.1, 0.15) is 30.0 Å². The number of amides is 2. The molecule has 0 fully saturated rings. The fourth-order valence-electron chi connectivity index (χ4n) is 4.00. The number of anilines is 1. The van der Waals surface area contributed by atoms with E-state index in [1.807, 2.05) is 13.8 Å². The van der Waals surface area contributed by atoms with Gasteiger partial charge in [-0.25, -0.2) is 12.8 Å². The van der Waals surface area contributed by atoms with Gasteiger partial charge in [0.25, 0.3) is 10.0 Å². The van der Waals surface area contributed by atoms with Gasteiger partial charge in [0.1, 0.15) is 18.4 Å². The van der Waals surface area contributed by atoms with E-state index in [2.05, 4.69) is 5.32 Å². The first-order chi connectivity index (χ1) is 17.6. The topological polar surface area (TPSA) is 86.8 Å². The third-order valence-electron chi connectivity index (χ3n) is 6.29. The van der Waals surface area contributed by atoms with Crippen LogP contribution in [0.3, 0.4) is 0 Å². The Morgan fingerprint density at radius 1 is 0.946 bits per heavy atom. The molecule has 1 atom stereocenters. The van der Waals surface area contributed by atoms with E-state index in [0.717, 1.165) is 15.4 Å². The van der Waals surface area contributed by atoms with Crippen molar-refractivity contribution in [1.82, 2.24) is 10.2 Å². The molecule has 0 saturated heterocycles. The van der Waals surface area contributed by atoms with Crippen LogP contribution in [0.15, 0.2) is 77.7 Å².